The summed E-state index contributed by atoms with van der Waals surface area (Å²) in [5, 5.41) is 0. The number of fused-ring (bicyclic) bond motifs is 5. The highest BCUT2D eigenvalue weighted by Gasteiger charge is 2.59. The lowest BCUT2D eigenvalue weighted by molar-refractivity contribution is -0.142. The lowest BCUT2D eigenvalue weighted by atomic mass is 9.44. The van der Waals surface area contributed by atoms with E-state index in [1.165, 1.54) is 64.2 Å². The van der Waals surface area contributed by atoms with Gasteiger partial charge >= 0.3 is 0 Å². The highest BCUT2D eigenvalue weighted by Crippen LogP contribution is 2.67. The van der Waals surface area contributed by atoms with Gasteiger partial charge in [-0.05, 0) is 135 Å². The SMILES string of the molecule is CCC1CCC2C3CCC4CC(OC(C)(C)I)CCC4(C)C3CCC12C. The number of ether oxygens (including phenoxy) is 1. The Hall–Kier alpha value is 0.690. The number of halogens is 1. The summed E-state index contributed by atoms with van der Waals surface area (Å²) >= 11 is 2.46. The van der Waals surface area contributed by atoms with Gasteiger partial charge in [0, 0.05) is 0 Å². The van der Waals surface area contributed by atoms with Gasteiger partial charge in [-0.1, -0.05) is 27.2 Å². The molecule has 0 heterocycles. The van der Waals surface area contributed by atoms with Crippen LogP contribution in [0.4, 0.5) is 0 Å². The topological polar surface area (TPSA) is 9.23 Å². The van der Waals surface area contributed by atoms with Crippen molar-refractivity contribution in [1.82, 2.24) is 0 Å². The zero-order valence-corrected chi connectivity index (χ0v) is 20.0. The van der Waals surface area contributed by atoms with Crippen molar-refractivity contribution in [2.24, 2.45) is 40.4 Å². The third-order valence-corrected chi connectivity index (χ3v) is 10.0. The summed E-state index contributed by atoms with van der Waals surface area (Å²) in [7, 11) is 0. The largest absolute Gasteiger partial charge is 0.362 e. The molecule has 4 rings (SSSR count). The first-order valence-corrected chi connectivity index (χ1v) is 12.6. The molecule has 8 atom stereocenters. The van der Waals surface area contributed by atoms with E-state index in [0.717, 1.165) is 29.6 Å². The molecule has 0 aliphatic heterocycles. The lowest BCUT2D eigenvalue weighted by Gasteiger charge is -2.61. The molecule has 8 unspecified atom stereocenters. The fraction of sp³-hybridized carbons (Fsp3) is 1.00. The molecule has 4 saturated carbocycles. The van der Waals surface area contributed by atoms with Crippen molar-refractivity contribution < 1.29 is 4.74 Å². The van der Waals surface area contributed by atoms with Gasteiger partial charge in [-0.3, -0.25) is 0 Å². The molecule has 2 heteroatoms. The van der Waals surface area contributed by atoms with Crippen molar-refractivity contribution >= 4 is 22.6 Å². The Balaban J connectivity index is 1.51. The molecule has 0 N–H and O–H groups in total. The van der Waals surface area contributed by atoms with Crippen molar-refractivity contribution in [3.05, 3.63) is 0 Å². The summed E-state index contributed by atoms with van der Waals surface area (Å²) in [5.41, 5.74) is 1.27. The van der Waals surface area contributed by atoms with E-state index < -0.39 is 0 Å². The fourth-order valence-electron chi connectivity index (χ4n) is 8.50. The summed E-state index contributed by atoms with van der Waals surface area (Å²) in [5.74, 6) is 4.99. The zero-order valence-electron chi connectivity index (χ0n) is 17.8. The molecule has 0 aromatic carbocycles. The second-order valence-corrected chi connectivity index (χ2v) is 13.9. The van der Waals surface area contributed by atoms with E-state index in [2.05, 4.69) is 57.2 Å². The minimum Gasteiger partial charge on any atom is -0.362 e. The van der Waals surface area contributed by atoms with E-state index >= 15 is 0 Å². The molecular formula is C24H41IO. The molecule has 1 nitrogen and oxygen atoms in total. The Bertz CT molecular complexity index is 525. The van der Waals surface area contributed by atoms with Crippen molar-refractivity contribution in [1.29, 1.82) is 0 Å². The number of rotatable bonds is 3. The first-order chi connectivity index (χ1) is 12.2. The second kappa shape index (κ2) is 6.89. The van der Waals surface area contributed by atoms with E-state index in [0.29, 0.717) is 16.9 Å². The van der Waals surface area contributed by atoms with Crippen LogP contribution in [0.25, 0.3) is 0 Å². The fourth-order valence-corrected chi connectivity index (χ4v) is 8.86. The Morgan fingerprint density at radius 1 is 0.923 bits per heavy atom. The van der Waals surface area contributed by atoms with Crippen LogP contribution in [0.3, 0.4) is 0 Å². The molecule has 4 fully saturated rings. The van der Waals surface area contributed by atoms with Crippen molar-refractivity contribution in [2.45, 2.75) is 109 Å². The molecule has 0 saturated heterocycles. The van der Waals surface area contributed by atoms with Crippen LogP contribution < -0.4 is 0 Å². The molecule has 0 radical (unpaired) electrons. The van der Waals surface area contributed by atoms with Crippen molar-refractivity contribution in [2.75, 3.05) is 0 Å². The van der Waals surface area contributed by atoms with Gasteiger partial charge in [0.1, 0.15) is 3.61 Å². The summed E-state index contributed by atoms with van der Waals surface area (Å²) < 4.78 is 6.39. The van der Waals surface area contributed by atoms with Crippen LogP contribution in [0.5, 0.6) is 0 Å². The van der Waals surface area contributed by atoms with E-state index in [9.17, 15) is 0 Å². The number of hydrogen-bond donors (Lipinski definition) is 0. The standard InChI is InChI=1S/C24H41IO/c1-6-16-8-10-20-19-9-7-17-15-18(26-22(2,3)25)11-13-24(17,5)21(19)12-14-23(16,20)4/h16-21H,6-15H2,1-5H3. The minimum absolute atomic E-state index is 0.0148. The average Bonchev–Trinajstić information content (AvgIpc) is 2.90. The normalized spacial score (nSPS) is 51.5. The average molecular weight is 472 g/mol. The molecule has 4 aliphatic rings. The smallest absolute Gasteiger partial charge is 0.113 e. The summed E-state index contributed by atoms with van der Waals surface area (Å²) in [6.45, 7) is 12.2. The van der Waals surface area contributed by atoms with E-state index in [1.807, 2.05) is 0 Å². The van der Waals surface area contributed by atoms with Crippen LogP contribution in [0.15, 0.2) is 0 Å². The first kappa shape index (κ1) is 20.0. The van der Waals surface area contributed by atoms with Gasteiger partial charge in [-0.25, -0.2) is 0 Å². The third kappa shape index (κ3) is 3.21. The van der Waals surface area contributed by atoms with Gasteiger partial charge in [0.15, 0.2) is 0 Å². The molecule has 150 valence electrons. The Labute approximate surface area is 175 Å². The van der Waals surface area contributed by atoms with Gasteiger partial charge in [0.05, 0.1) is 6.10 Å². The molecule has 0 amide bonds. The van der Waals surface area contributed by atoms with E-state index in [-0.39, 0.29) is 3.61 Å². The highest BCUT2D eigenvalue weighted by molar-refractivity contribution is 14.1. The molecular weight excluding hydrogens is 431 g/mol. The summed E-state index contributed by atoms with van der Waals surface area (Å²) in [6, 6.07) is 0. The molecule has 0 spiro atoms. The van der Waals surface area contributed by atoms with Crippen LogP contribution in [-0.2, 0) is 4.74 Å². The first-order valence-electron chi connectivity index (χ1n) is 11.5. The Morgan fingerprint density at radius 2 is 1.62 bits per heavy atom. The predicted octanol–water partition coefficient (Wildman–Crippen LogP) is 7.61. The maximum atomic E-state index is 6.41. The number of hydrogen-bond acceptors (Lipinski definition) is 1. The van der Waals surface area contributed by atoms with Gasteiger partial charge in [0.25, 0.3) is 0 Å². The van der Waals surface area contributed by atoms with Gasteiger partial charge in [0.2, 0.25) is 0 Å². The summed E-state index contributed by atoms with van der Waals surface area (Å²) in [4.78, 5) is 0. The van der Waals surface area contributed by atoms with Crippen LogP contribution in [0.2, 0.25) is 0 Å². The molecule has 4 aliphatic carbocycles. The van der Waals surface area contributed by atoms with E-state index in [1.54, 1.807) is 0 Å². The third-order valence-electron chi connectivity index (χ3n) is 9.75. The second-order valence-electron chi connectivity index (χ2n) is 11.3. The minimum atomic E-state index is -0.0148. The summed E-state index contributed by atoms with van der Waals surface area (Å²) in [6.07, 6.45) is 15.0. The maximum Gasteiger partial charge on any atom is 0.113 e. The van der Waals surface area contributed by atoms with Crippen LogP contribution >= 0.6 is 22.6 Å². The van der Waals surface area contributed by atoms with Gasteiger partial charge in [-0.15, -0.1) is 0 Å². The van der Waals surface area contributed by atoms with Crippen molar-refractivity contribution in [3.8, 4) is 0 Å². The Kier molecular flexibility index (Phi) is 5.29. The molecule has 26 heavy (non-hydrogen) atoms. The van der Waals surface area contributed by atoms with Crippen LogP contribution in [0.1, 0.15) is 98.8 Å². The monoisotopic (exact) mass is 472 g/mol. The van der Waals surface area contributed by atoms with E-state index in [4.69, 9.17) is 4.74 Å². The predicted molar refractivity (Wildman–Crippen MR) is 118 cm³/mol. The highest BCUT2D eigenvalue weighted by atomic mass is 127. The zero-order chi connectivity index (χ0) is 18.7. The molecule has 0 bridgehead atoms. The Morgan fingerprint density at radius 3 is 2.31 bits per heavy atom. The molecule has 0 aromatic heterocycles. The quantitative estimate of drug-likeness (QED) is 0.303. The van der Waals surface area contributed by atoms with Crippen LogP contribution in [0, 0.1) is 40.4 Å². The maximum absolute atomic E-state index is 6.41. The molecule has 0 aromatic rings. The van der Waals surface area contributed by atoms with Crippen LogP contribution in [-0.4, -0.2) is 9.71 Å². The van der Waals surface area contributed by atoms with Crippen molar-refractivity contribution in [3.63, 3.8) is 0 Å². The van der Waals surface area contributed by atoms with Gasteiger partial charge in [-0.2, -0.15) is 0 Å². The lowest BCUT2D eigenvalue weighted by Crippen LogP contribution is -2.54. The van der Waals surface area contributed by atoms with Gasteiger partial charge < -0.3 is 4.74 Å². The number of alkyl halides is 1.